The van der Waals surface area contributed by atoms with Crippen molar-refractivity contribution in [1.82, 2.24) is 15.5 Å². The number of fused-ring (bicyclic) bond motifs is 1. The zero-order valence-electron chi connectivity index (χ0n) is 15.2. The van der Waals surface area contributed by atoms with Crippen molar-refractivity contribution in [2.75, 3.05) is 6.54 Å². The Labute approximate surface area is 160 Å². The van der Waals surface area contributed by atoms with Crippen molar-refractivity contribution in [2.45, 2.75) is 50.0 Å². The van der Waals surface area contributed by atoms with Crippen molar-refractivity contribution in [3.63, 3.8) is 0 Å². The van der Waals surface area contributed by atoms with E-state index in [9.17, 15) is 23.6 Å². The summed E-state index contributed by atoms with van der Waals surface area (Å²) in [7, 11) is 0. The molecule has 1 unspecified atom stereocenters. The summed E-state index contributed by atoms with van der Waals surface area (Å²) in [6.45, 7) is 0.288. The summed E-state index contributed by atoms with van der Waals surface area (Å²) in [5.74, 6) is -2.13. The first-order valence-electron chi connectivity index (χ1n) is 9.29. The third kappa shape index (κ3) is 3.00. The van der Waals surface area contributed by atoms with Crippen molar-refractivity contribution < 1.29 is 23.6 Å². The van der Waals surface area contributed by atoms with Gasteiger partial charge in [-0.15, -0.1) is 0 Å². The molecule has 1 aromatic rings. The number of alkyl halides is 1. The first-order valence-corrected chi connectivity index (χ1v) is 9.29. The fourth-order valence-corrected chi connectivity index (χ4v) is 4.12. The predicted octanol–water partition coefficient (Wildman–Crippen LogP) is 0.00680. The monoisotopic (exact) mass is 388 g/mol. The Kier molecular flexibility index (Phi) is 4.51. The van der Waals surface area contributed by atoms with Crippen LogP contribution in [0.5, 0.6) is 0 Å². The van der Waals surface area contributed by atoms with E-state index < -0.39 is 35.3 Å². The van der Waals surface area contributed by atoms with Crippen LogP contribution in [0, 0.1) is 0 Å². The van der Waals surface area contributed by atoms with Crippen molar-refractivity contribution in [3.05, 3.63) is 34.9 Å². The van der Waals surface area contributed by atoms with Crippen molar-refractivity contribution >= 4 is 23.6 Å². The number of amides is 4. The Balaban J connectivity index is 1.52. The van der Waals surface area contributed by atoms with Crippen molar-refractivity contribution in [3.8, 4) is 0 Å². The molecule has 1 aliphatic carbocycles. The lowest BCUT2D eigenvalue weighted by molar-refractivity contribution is -0.136. The quantitative estimate of drug-likeness (QED) is 0.611. The molecule has 2 heterocycles. The van der Waals surface area contributed by atoms with Gasteiger partial charge in [0.05, 0.1) is 11.1 Å². The van der Waals surface area contributed by atoms with Crippen LogP contribution in [0.1, 0.15) is 52.0 Å². The van der Waals surface area contributed by atoms with E-state index >= 15 is 0 Å². The molecule has 4 rings (SSSR count). The summed E-state index contributed by atoms with van der Waals surface area (Å²) in [6.07, 6.45) is 0.817. The Hall–Kier alpha value is -2.65. The fraction of sp³-hybridized carbons (Fsp3) is 0.474. The van der Waals surface area contributed by atoms with Gasteiger partial charge in [-0.25, -0.2) is 4.39 Å². The number of carbonyl (C=O) groups is 4. The van der Waals surface area contributed by atoms with Gasteiger partial charge in [0.15, 0.2) is 0 Å². The number of benzene rings is 1. The van der Waals surface area contributed by atoms with E-state index in [1.807, 2.05) is 0 Å². The SMILES string of the molecule is NCC1(F)CC(NCc2cccc3c2C(=O)N(C2CCC(=O)NC2=O)C3=O)C1. The minimum Gasteiger partial charge on any atom is -0.328 e. The molecule has 1 saturated heterocycles. The maximum atomic E-state index is 13.9. The summed E-state index contributed by atoms with van der Waals surface area (Å²) in [5.41, 5.74) is 5.20. The topological polar surface area (TPSA) is 122 Å². The zero-order chi connectivity index (χ0) is 20.1. The summed E-state index contributed by atoms with van der Waals surface area (Å²) >= 11 is 0. The van der Waals surface area contributed by atoms with E-state index in [1.54, 1.807) is 18.2 Å². The Morgan fingerprint density at radius 3 is 2.64 bits per heavy atom. The molecule has 1 aromatic carbocycles. The predicted molar refractivity (Wildman–Crippen MR) is 95.9 cm³/mol. The van der Waals surface area contributed by atoms with Crippen LogP contribution in [0.15, 0.2) is 18.2 Å². The largest absolute Gasteiger partial charge is 0.328 e. The van der Waals surface area contributed by atoms with Crippen LogP contribution in [-0.4, -0.2) is 52.8 Å². The lowest BCUT2D eigenvalue weighted by Gasteiger charge is -2.41. The second-order valence-electron chi connectivity index (χ2n) is 7.63. The second kappa shape index (κ2) is 6.75. The third-order valence-corrected chi connectivity index (χ3v) is 5.73. The normalized spacial score (nSPS) is 29.6. The molecule has 8 nitrogen and oxygen atoms in total. The lowest BCUT2D eigenvalue weighted by atomic mass is 9.77. The van der Waals surface area contributed by atoms with Gasteiger partial charge in [0.25, 0.3) is 11.8 Å². The summed E-state index contributed by atoms with van der Waals surface area (Å²) in [6, 6.07) is 3.93. The molecule has 4 N–H and O–H groups in total. The number of carbonyl (C=O) groups excluding carboxylic acids is 4. The number of nitrogens with zero attached hydrogens (tertiary/aromatic N) is 1. The van der Waals surface area contributed by atoms with Gasteiger partial charge in [0, 0.05) is 25.6 Å². The summed E-state index contributed by atoms with van der Waals surface area (Å²) in [4.78, 5) is 50.2. The van der Waals surface area contributed by atoms with E-state index in [0.717, 1.165) is 4.90 Å². The molecular formula is C19H21FN4O4. The van der Waals surface area contributed by atoms with E-state index in [0.29, 0.717) is 24.9 Å². The first-order chi connectivity index (χ1) is 13.3. The van der Waals surface area contributed by atoms with E-state index in [4.69, 9.17) is 5.73 Å². The standard InChI is InChI=1S/C19H21FN4O4/c20-19(9-21)6-11(7-19)22-8-10-2-1-3-12-15(10)18(28)24(17(12)27)13-4-5-14(25)23-16(13)26/h1-3,11,13,22H,4-9,21H2,(H,23,25,26). The number of halogens is 1. The van der Waals surface area contributed by atoms with Crippen molar-refractivity contribution in [1.29, 1.82) is 0 Å². The van der Waals surface area contributed by atoms with Crippen molar-refractivity contribution in [2.24, 2.45) is 5.73 Å². The number of imide groups is 2. The zero-order valence-corrected chi connectivity index (χ0v) is 15.2. The van der Waals surface area contributed by atoms with E-state index in [2.05, 4.69) is 10.6 Å². The Morgan fingerprint density at radius 1 is 1.21 bits per heavy atom. The highest BCUT2D eigenvalue weighted by molar-refractivity contribution is 6.24. The molecule has 2 fully saturated rings. The van der Waals surface area contributed by atoms with Gasteiger partial charge >= 0.3 is 0 Å². The Morgan fingerprint density at radius 2 is 1.96 bits per heavy atom. The molecule has 0 spiro atoms. The molecule has 0 bridgehead atoms. The number of hydrogen-bond donors (Lipinski definition) is 3. The highest BCUT2D eigenvalue weighted by Crippen LogP contribution is 2.36. The van der Waals surface area contributed by atoms with Crippen LogP contribution in [-0.2, 0) is 16.1 Å². The van der Waals surface area contributed by atoms with Gasteiger partial charge in [0.1, 0.15) is 11.7 Å². The molecule has 28 heavy (non-hydrogen) atoms. The minimum atomic E-state index is -1.33. The number of piperidine rings is 1. The average molecular weight is 388 g/mol. The lowest BCUT2D eigenvalue weighted by Crippen LogP contribution is -2.54. The highest BCUT2D eigenvalue weighted by atomic mass is 19.1. The van der Waals surface area contributed by atoms with Crippen LogP contribution in [0.25, 0.3) is 0 Å². The van der Waals surface area contributed by atoms with Gasteiger partial charge in [-0.2, -0.15) is 0 Å². The smallest absolute Gasteiger partial charge is 0.262 e. The average Bonchev–Trinajstić information content (AvgIpc) is 2.89. The highest BCUT2D eigenvalue weighted by Gasteiger charge is 2.46. The number of nitrogens with two attached hydrogens (primary N) is 1. The summed E-state index contributed by atoms with van der Waals surface area (Å²) in [5, 5.41) is 5.37. The fourth-order valence-electron chi connectivity index (χ4n) is 4.12. The van der Waals surface area contributed by atoms with Gasteiger partial charge in [-0.05, 0) is 30.9 Å². The molecule has 2 aliphatic heterocycles. The second-order valence-corrected chi connectivity index (χ2v) is 7.63. The molecule has 3 aliphatic rings. The molecule has 4 amide bonds. The maximum absolute atomic E-state index is 13.9. The van der Waals surface area contributed by atoms with Crippen LogP contribution in [0.4, 0.5) is 4.39 Å². The van der Waals surface area contributed by atoms with Crippen LogP contribution < -0.4 is 16.4 Å². The van der Waals surface area contributed by atoms with Gasteiger partial charge in [0.2, 0.25) is 11.8 Å². The van der Waals surface area contributed by atoms with Crippen LogP contribution in [0.3, 0.4) is 0 Å². The third-order valence-electron chi connectivity index (χ3n) is 5.73. The van der Waals surface area contributed by atoms with Gasteiger partial charge < -0.3 is 11.1 Å². The number of nitrogens with one attached hydrogen (secondary N) is 2. The molecule has 0 aromatic heterocycles. The molecule has 0 radical (unpaired) electrons. The van der Waals surface area contributed by atoms with Crippen LogP contribution in [0.2, 0.25) is 0 Å². The first kappa shape index (κ1) is 18.7. The summed E-state index contributed by atoms with van der Waals surface area (Å²) < 4.78 is 13.9. The van der Waals surface area contributed by atoms with E-state index in [1.165, 1.54) is 0 Å². The van der Waals surface area contributed by atoms with Gasteiger partial charge in [-0.3, -0.25) is 29.4 Å². The molecule has 9 heteroatoms. The molecule has 1 atom stereocenters. The van der Waals surface area contributed by atoms with Crippen LogP contribution >= 0.6 is 0 Å². The van der Waals surface area contributed by atoms with E-state index in [-0.39, 0.29) is 36.6 Å². The van der Waals surface area contributed by atoms with Gasteiger partial charge in [-0.1, -0.05) is 12.1 Å². The molecule has 1 saturated carbocycles. The number of rotatable bonds is 5. The number of hydrogen-bond acceptors (Lipinski definition) is 6. The maximum Gasteiger partial charge on any atom is 0.262 e. The Bertz CT molecular complexity index is 881. The minimum absolute atomic E-state index is 0.0141. The molecular weight excluding hydrogens is 367 g/mol. The molecule has 148 valence electrons.